The van der Waals surface area contributed by atoms with E-state index in [1.807, 2.05) is 0 Å². The molecule has 26 heavy (non-hydrogen) atoms. The van der Waals surface area contributed by atoms with Gasteiger partial charge in [-0.3, -0.25) is 9.69 Å². The first-order chi connectivity index (χ1) is 12.8. The summed E-state index contributed by atoms with van der Waals surface area (Å²) in [4.78, 5) is 18.9. The molecular weight excluding hydrogens is 324 g/mol. The quantitative estimate of drug-likeness (QED) is 0.836. The smallest absolute Gasteiger partial charge is 0.254 e. The van der Waals surface area contributed by atoms with Gasteiger partial charge < -0.3 is 10.6 Å². The van der Waals surface area contributed by atoms with Crippen molar-refractivity contribution in [1.82, 2.24) is 15.2 Å². The van der Waals surface area contributed by atoms with Gasteiger partial charge in [-0.2, -0.15) is 0 Å². The minimum absolute atomic E-state index is 0.126. The lowest BCUT2D eigenvalue weighted by Gasteiger charge is -2.22. The molecular formula is C21H28N4O. The summed E-state index contributed by atoms with van der Waals surface area (Å²) in [5.41, 5.74) is 3.17. The van der Waals surface area contributed by atoms with Gasteiger partial charge >= 0.3 is 0 Å². The fourth-order valence-electron chi connectivity index (χ4n) is 3.46. The largest absolute Gasteiger partial charge is 0.365 e. The number of nitrogens with one attached hydrogen (secondary N) is 2. The zero-order valence-electron chi connectivity index (χ0n) is 15.5. The van der Waals surface area contributed by atoms with E-state index in [1.165, 1.54) is 49.9 Å². The van der Waals surface area contributed by atoms with Crippen LogP contribution in [0, 0.1) is 0 Å². The molecule has 0 spiro atoms. The van der Waals surface area contributed by atoms with E-state index in [1.54, 1.807) is 25.4 Å². The first kappa shape index (κ1) is 18.4. The lowest BCUT2D eigenvalue weighted by molar-refractivity contribution is 0.0963. The number of hydrogen-bond acceptors (Lipinski definition) is 4. The topological polar surface area (TPSA) is 57.3 Å². The molecule has 0 saturated carbocycles. The number of carbonyl (C=O) groups is 1. The van der Waals surface area contributed by atoms with Crippen LogP contribution in [-0.4, -0.2) is 35.9 Å². The molecule has 1 aromatic heterocycles. The number of rotatable bonds is 6. The van der Waals surface area contributed by atoms with Gasteiger partial charge in [-0.15, -0.1) is 0 Å². The van der Waals surface area contributed by atoms with Gasteiger partial charge in [-0.1, -0.05) is 37.1 Å². The number of likely N-dealkylation sites (tertiary alicyclic amines) is 1. The third kappa shape index (κ3) is 4.82. The van der Waals surface area contributed by atoms with Crippen LogP contribution in [0.5, 0.6) is 0 Å². The maximum atomic E-state index is 12.0. The molecule has 1 amide bonds. The van der Waals surface area contributed by atoms with Gasteiger partial charge in [0.2, 0.25) is 0 Å². The van der Waals surface area contributed by atoms with Crippen LogP contribution in [-0.2, 0) is 13.1 Å². The molecule has 1 aliphatic rings. The predicted octanol–water partition coefficient (Wildman–Crippen LogP) is 3.43. The Kier molecular flexibility index (Phi) is 6.61. The van der Waals surface area contributed by atoms with E-state index in [4.69, 9.17) is 0 Å². The van der Waals surface area contributed by atoms with Crippen LogP contribution in [0.15, 0.2) is 42.6 Å². The fraction of sp³-hybridized carbons (Fsp3) is 0.429. The molecule has 0 atom stereocenters. The average Bonchev–Trinajstić information content (AvgIpc) is 2.95. The third-order valence-corrected chi connectivity index (χ3v) is 4.94. The molecule has 0 bridgehead atoms. The highest BCUT2D eigenvalue weighted by atomic mass is 16.1. The van der Waals surface area contributed by atoms with Gasteiger partial charge in [0, 0.05) is 26.3 Å². The maximum Gasteiger partial charge on any atom is 0.254 e. The number of anilines is 1. The molecule has 5 nitrogen and oxygen atoms in total. The Hall–Kier alpha value is -2.40. The van der Waals surface area contributed by atoms with Crippen LogP contribution in [0.4, 0.5) is 5.82 Å². The third-order valence-electron chi connectivity index (χ3n) is 4.94. The van der Waals surface area contributed by atoms with Gasteiger partial charge in [-0.25, -0.2) is 4.98 Å². The van der Waals surface area contributed by atoms with Crippen LogP contribution in [0.1, 0.15) is 47.2 Å². The molecule has 138 valence electrons. The normalized spacial score (nSPS) is 15.3. The van der Waals surface area contributed by atoms with Crippen LogP contribution < -0.4 is 10.6 Å². The standard InChI is InChI=1S/C21H28N4O/c1-22-21(26)19-11-8-12-23-20(19)24-15-17-9-4-5-10-18(17)16-25-13-6-2-3-7-14-25/h4-5,8-12H,2-3,6-7,13-16H2,1H3,(H,22,26)(H,23,24). The lowest BCUT2D eigenvalue weighted by Crippen LogP contribution is -2.25. The van der Waals surface area contributed by atoms with Crippen LogP contribution >= 0.6 is 0 Å². The lowest BCUT2D eigenvalue weighted by atomic mass is 10.1. The molecule has 1 saturated heterocycles. The van der Waals surface area contributed by atoms with Crippen LogP contribution in [0.3, 0.4) is 0 Å². The molecule has 1 aromatic carbocycles. The summed E-state index contributed by atoms with van der Waals surface area (Å²) < 4.78 is 0. The Bertz CT molecular complexity index is 723. The highest BCUT2D eigenvalue weighted by Crippen LogP contribution is 2.18. The molecule has 1 aliphatic heterocycles. The summed E-state index contributed by atoms with van der Waals surface area (Å²) in [5.74, 6) is 0.495. The van der Waals surface area contributed by atoms with Crippen molar-refractivity contribution >= 4 is 11.7 Å². The number of aromatic nitrogens is 1. The Morgan fingerprint density at radius 2 is 1.77 bits per heavy atom. The number of hydrogen-bond donors (Lipinski definition) is 2. The average molecular weight is 352 g/mol. The number of carbonyl (C=O) groups excluding carboxylic acids is 1. The van der Waals surface area contributed by atoms with Gasteiger partial charge in [0.05, 0.1) is 5.56 Å². The van der Waals surface area contributed by atoms with Crippen molar-refractivity contribution in [2.24, 2.45) is 0 Å². The number of pyridine rings is 1. The van der Waals surface area contributed by atoms with Crippen molar-refractivity contribution in [3.05, 3.63) is 59.3 Å². The van der Waals surface area contributed by atoms with Crippen molar-refractivity contribution < 1.29 is 4.79 Å². The van der Waals surface area contributed by atoms with E-state index in [-0.39, 0.29) is 5.91 Å². The minimum Gasteiger partial charge on any atom is -0.365 e. The zero-order chi connectivity index (χ0) is 18.2. The van der Waals surface area contributed by atoms with Crippen molar-refractivity contribution in [2.45, 2.75) is 38.8 Å². The van der Waals surface area contributed by atoms with Gasteiger partial charge in [0.1, 0.15) is 5.82 Å². The first-order valence-corrected chi connectivity index (χ1v) is 9.48. The van der Waals surface area contributed by atoms with E-state index in [9.17, 15) is 4.79 Å². The monoisotopic (exact) mass is 352 g/mol. The minimum atomic E-state index is -0.126. The summed E-state index contributed by atoms with van der Waals surface area (Å²) in [5, 5.41) is 6.01. The maximum absolute atomic E-state index is 12.0. The van der Waals surface area contributed by atoms with E-state index in [0.29, 0.717) is 17.9 Å². The molecule has 0 radical (unpaired) electrons. The van der Waals surface area contributed by atoms with Gasteiger partial charge in [0.15, 0.2) is 0 Å². The summed E-state index contributed by atoms with van der Waals surface area (Å²) in [7, 11) is 1.63. The van der Waals surface area contributed by atoms with Crippen molar-refractivity contribution in [3.8, 4) is 0 Å². The van der Waals surface area contributed by atoms with Crippen molar-refractivity contribution in [2.75, 3.05) is 25.5 Å². The predicted molar refractivity (Wildman–Crippen MR) is 105 cm³/mol. The number of amides is 1. The number of benzene rings is 1. The van der Waals surface area contributed by atoms with E-state index in [2.05, 4.69) is 44.8 Å². The summed E-state index contributed by atoms with van der Waals surface area (Å²) in [6.45, 7) is 4.01. The summed E-state index contributed by atoms with van der Waals surface area (Å²) >= 11 is 0. The van der Waals surface area contributed by atoms with Gasteiger partial charge in [-0.05, 0) is 49.2 Å². The van der Waals surface area contributed by atoms with Crippen LogP contribution in [0.2, 0.25) is 0 Å². The Morgan fingerprint density at radius 3 is 2.50 bits per heavy atom. The molecule has 1 fully saturated rings. The fourth-order valence-corrected chi connectivity index (χ4v) is 3.46. The summed E-state index contributed by atoms with van der Waals surface area (Å²) in [6.07, 6.45) is 6.99. The molecule has 2 heterocycles. The van der Waals surface area contributed by atoms with E-state index < -0.39 is 0 Å². The second-order valence-electron chi connectivity index (χ2n) is 6.79. The Balaban J connectivity index is 1.70. The second-order valence-corrected chi connectivity index (χ2v) is 6.79. The molecule has 3 rings (SSSR count). The molecule has 2 N–H and O–H groups in total. The molecule has 2 aromatic rings. The van der Waals surface area contributed by atoms with Crippen LogP contribution in [0.25, 0.3) is 0 Å². The Morgan fingerprint density at radius 1 is 1.04 bits per heavy atom. The number of nitrogens with zero attached hydrogens (tertiary/aromatic N) is 2. The molecule has 0 unspecified atom stereocenters. The Labute approximate surface area is 155 Å². The summed E-state index contributed by atoms with van der Waals surface area (Å²) in [6, 6.07) is 12.1. The highest BCUT2D eigenvalue weighted by Gasteiger charge is 2.13. The van der Waals surface area contributed by atoms with E-state index in [0.717, 1.165) is 6.54 Å². The van der Waals surface area contributed by atoms with Crippen molar-refractivity contribution in [3.63, 3.8) is 0 Å². The molecule has 0 aliphatic carbocycles. The second kappa shape index (κ2) is 9.34. The molecule has 5 heteroatoms. The van der Waals surface area contributed by atoms with E-state index >= 15 is 0 Å². The highest BCUT2D eigenvalue weighted by molar-refractivity contribution is 5.98. The van der Waals surface area contributed by atoms with Gasteiger partial charge in [0.25, 0.3) is 5.91 Å². The SMILES string of the molecule is CNC(=O)c1cccnc1NCc1ccccc1CN1CCCCCC1. The van der Waals surface area contributed by atoms with Crippen molar-refractivity contribution in [1.29, 1.82) is 0 Å². The first-order valence-electron chi connectivity index (χ1n) is 9.48. The zero-order valence-corrected chi connectivity index (χ0v) is 15.5.